The molecule has 2 fully saturated rings. The first-order valence-electron chi connectivity index (χ1n) is 10.7. The van der Waals surface area contributed by atoms with Crippen LogP contribution in [-0.2, 0) is 9.53 Å². The number of nitrogens with zero attached hydrogens (tertiary/aromatic N) is 1. The van der Waals surface area contributed by atoms with Crippen LogP contribution in [0.2, 0.25) is 10.0 Å². The molecule has 2 aromatic rings. The molecule has 1 unspecified atom stereocenters. The summed E-state index contributed by atoms with van der Waals surface area (Å²) in [6.45, 7) is 5.64. The Morgan fingerprint density at radius 2 is 2.03 bits per heavy atom. The number of carbonyl (C=O) groups excluding carboxylic acids is 1. The molecule has 4 rings (SSSR count). The van der Waals surface area contributed by atoms with Gasteiger partial charge in [0.15, 0.2) is 0 Å². The van der Waals surface area contributed by atoms with E-state index >= 15 is 0 Å². The van der Waals surface area contributed by atoms with Crippen LogP contribution in [0, 0.1) is 11.7 Å². The van der Waals surface area contributed by atoms with Crippen molar-refractivity contribution >= 4 is 29.1 Å². The van der Waals surface area contributed by atoms with Crippen molar-refractivity contribution < 1.29 is 19.0 Å². The molecule has 0 aromatic heterocycles. The van der Waals surface area contributed by atoms with Gasteiger partial charge < -0.3 is 14.7 Å². The third kappa shape index (κ3) is 4.58. The highest BCUT2D eigenvalue weighted by molar-refractivity contribution is 6.31. The summed E-state index contributed by atoms with van der Waals surface area (Å²) >= 11 is 12.2. The second-order valence-electron chi connectivity index (χ2n) is 8.80. The van der Waals surface area contributed by atoms with Gasteiger partial charge in [-0.15, -0.1) is 6.58 Å². The lowest BCUT2D eigenvalue weighted by atomic mass is 9.86. The fourth-order valence-corrected chi connectivity index (χ4v) is 4.73. The Bertz CT molecular complexity index is 1030. The molecule has 1 heterocycles. The van der Waals surface area contributed by atoms with Gasteiger partial charge in [-0.1, -0.05) is 47.5 Å². The van der Waals surface area contributed by atoms with Crippen molar-refractivity contribution in [2.24, 2.45) is 5.92 Å². The van der Waals surface area contributed by atoms with Crippen molar-refractivity contribution in [2.45, 2.75) is 50.0 Å². The number of aliphatic hydroxyl groups excluding tert-OH is 1. The highest BCUT2D eigenvalue weighted by atomic mass is 35.5. The highest BCUT2D eigenvalue weighted by Gasteiger charge is 2.51. The Balaban J connectivity index is 1.85. The molecule has 2 aliphatic rings. The minimum atomic E-state index is -1.18. The number of morpholine rings is 1. The van der Waals surface area contributed by atoms with E-state index in [1.807, 2.05) is 12.1 Å². The first-order chi connectivity index (χ1) is 15.2. The molecule has 1 saturated carbocycles. The fraction of sp³-hybridized carbons (Fsp3) is 0.400. The summed E-state index contributed by atoms with van der Waals surface area (Å²) in [6, 6.07) is 11.0. The molecule has 1 aliphatic heterocycles. The number of halogens is 3. The maximum absolute atomic E-state index is 14.5. The van der Waals surface area contributed by atoms with Crippen LogP contribution in [-0.4, -0.2) is 34.2 Å². The van der Waals surface area contributed by atoms with Gasteiger partial charge in [0.2, 0.25) is 0 Å². The third-order valence-corrected chi connectivity index (χ3v) is 6.81. The van der Waals surface area contributed by atoms with Crippen LogP contribution in [0.1, 0.15) is 49.5 Å². The number of amides is 1. The Labute approximate surface area is 197 Å². The molecule has 4 atom stereocenters. The Morgan fingerprint density at radius 1 is 1.28 bits per heavy atom. The standard InChI is InChI=1S/C25H26Cl2FNO3/c1-3-11-25(2)24(31)29(14-21(30)15-7-8-15)22(16-9-10-19(27)20(28)13-16)23(32-25)17-5-4-6-18(26)12-17/h3-6,9-10,12-13,15,21-23,30H,1,7-8,11,14H2,2H3/t21?,22-,23-,25-/m1/s1. The van der Waals surface area contributed by atoms with E-state index in [-0.39, 0.29) is 23.4 Å². The lowest BCUT2D eigenvalue weighted by molar-refractivity contribution is -0.199. The average molecular weight is 478 g/mol. The number of β-amino-alcohol motifs (C(OH)–C–C–N with tert-alkyl or cyclic N) is 1. The van der Waals surface area contributed by atoms with E-state index in [2.05, 4.69) is 6.58 Å². The predicted molar refractivity (Wildman–Crippen MR) is 123 cm³/mol. The Kier molecular flexibility index (Phi) is 6.64. The summed E-state index contributed by atoms with van der Waals surface area (Å²) in [5.74, 6) is -0.678. The molecule has 0 bridgehead atoms. The number of hydrogen-bond acceptors (Lipinski definition) is 3. The first kappa shape index (κ1) is 23.2. The van der Waals surface area contributed by atoms with Crippen LogP contribution < -0.4 is 0 Å². The summed E-state index contributed by atoms with van der Waals surface area (Å²) < 4.78 is 20.9. The molecule has 170 valence electrons. The Hall–Kier alpha value is -1.92. The molecule has 1 amide bonds. The largest absolute Gasteiger partial charge is 0.391 e. The molecular weight excluding hydrogens is 452 g/mol. The van der Waals surface area contributed by atoms with Gasteiger partial charge in [-0.05, 0) is 61.1 Å². The monoisotopic (exact) mass is 477 g/mol. The molecule has 1 N–H and O–H groups in total. The molecule has 0 spiro atoms. The smallest absolute Gasteiger partial charge is 0.255 e. The van der Waals surface area contributed by atoms with Crippen molar-refractivity contribution in [3.05, 3.63) is 82.1 Å². The van der Waals surface area contributed by atoms with Crippen LogP contribution in [0.4, 0.5) is 4.39 Å². The molecule has 1 saturated heterocycles. The SMILES string of the molecule is C=CC[C@@]1(C)O[C@H](c2cccc(Cl)c2)[C@@H](c2ccc(Cl)c(F)c2)N(CC(O)C2CC2)C1=O. The topological polar surface area (TPSA) is 49.8 Å². The lowest BCUT2D eigenvalue weighted by Crippen LogP contribution is -2.58. The van der Waals surface area contributed by atoms with Crippen LogP contribution in [0.3, 0.4) is 0 Å². The quantitative estimate of drug-likeness (QED) is 0.506. The normalized spacial score (nSPS) is 26.8. The van der Waals surface area contributed by atoms with E-state index in [4.69, 9.17) is 27.9 Å². The van der Waals surface area contributed by atoms with Crippen LogP contribution in [0.5, 0.6) is 0 Å². The van der Waals surface area contributed by atoms with Crippen molar-refractivity contribution in [3.63, 3.8) is 0 Å². The van der Waals surface area contributed by atoms with Gasteiger partial charge in [-0.3, -0.25) is 4.79 Å². The van der Waals surface area contributed by atoms with Crippen molar-refractivity contribution in [1.82, 2.24) is 4.90 Å². The average Bonchev–Trinajstić information content (AvgIpc) is 3.59. The Morgan fingerprint density at radius 3 is 2.66 bits per heavy atom. The molecule has 32 heavy (non-hydrogen) atoms. The van der Waals surface area contributed by atoms with Gasteiger partial charge in [0.1, 0.15) is 17.5 Å². The number of rotatable bonds is 7. The summed E-state index contributed by atoms with van der Waals surface area (Å²) in [4.78, 5) is 15.3. The second-order valence-corrected chi connectivity index (χ2v) is 9.64. The molecule has 0 radical (unpaired) electrons. The molecule has 2 aromatic carbocycles. The number of hydrogen-bond donors (Lipinski definition) is 1. The van der Waals surface area contributed by atoms with E-state index in [1.165, 1.54) is 12.1 Å². The number of ether oxygens (including phenoxy) is 1. The van der Waals surface area contributed by atoms with Crippen LogP contribution in [0.25, 0.3) is 0 Å². The summed E-state index contributed by atoms with van der Waals surface area (Å²) in [7, 11) is 0. The third-order valence-electron chi connectivity index (χ3n) is 6.27. The maximum Gasteiger partial charge on any atom is 0.255 e. The fourth-order valence-electron chi connectivity index (χ4n) is 4.41. The predicted octanol–water partition coefficient (Wildman–Crippen LogP) is 5.88. The van der Waals surface area contributed by atoms with Gasteiger partial charge in [0, 0.05) is 18.0 Å². The highest BCUT2D eigenvalue weighted by Crippen LogP contribution is 2.47. The first-order valence-corrected chi connectivity index (χ1v) is 11.5. The molecule has 7 heteroatoms. The zero-order valence-corrected chi connectivity index (χ0v) is 19.3. The van der Waals surface area contributed by atoms with Crippen molar-refractivity contribution in [1.29, 1.82) is 0 Å². The minimum Gasteiger partial charge on any atom is -0.391 e. The summed E-state index contributed by atoms with van der Waals surface area (Å²) in [6.07, 6.45) is 2.50. The van der Waals surface area contributed by atoms with E-state index in [9.17, 15) is 14.3 Å². The number of carbonyl (C=O) groups is 1. The van der Waals surface area contributed by atoms with E-state index in [0.717, 1.165) is 18.4 Å². The van der Waals surface area contributed by atoms with Crippen LogP contribution >= 0.6 is 23.2 Å². The minimum absolute atomic E-state index is 0.00262. The molecule has 1 aliphatic carbocycles. The van der Waals surface area contributed by atoms with E-state index in [0.29, 0.717) is 17.0 Å². The number of benzene rings is 2. The number of aliphatic hydroxyl groups is 1. The summed E-state index contributed by atoms with van der Waals surface area (Å²) in [5, 5.41) is 11.3. The van der Waals surface area contributed by atoms with Gasteiger partial charge in [0.05, 0.1) is 17.2 Å². The van der Waals surface area contributed by atoms with Gasteiger partial charge >= 0.3 is 0 Å². The van der Waals surface area contributed by atoms with E-state index < -0.39 is 29.7 Å². The molecular formula is C25H26Cl2FNO3. The van der Waals surface area contributed by atoms with Crippen molar-refractivity contribution in [3.8, 4) is 0 Å². The summed E-state index contributed by atoms with van der Waals surface area (Å²) in [5.41, 5.74) is 0.111. The maximum atomic E-state index is 14.5. The van der Waals surface area contributed by atoms with Gasteiger partial charge in [0.25, 0.3) is 5.91 Å². The van der Waals surface area contributed by atoms with Gasteiger partial charge in [-0.25, -0.2) is 4.39 Å². The van der Waals surface area contributed by atoms with E-state index in [1.54, 1.807) is 36.1 Å². The zero-order valence-electron chi connectivity index (χ0n) is 17.8. The lowest BCUT2D eigenvalue weighted by Gasteiger charge is -2.49. The zero-order chi connectivity index (χ0) is 23.0. The van der Waals surface area contributed by atoms with Crippen LogP contribution in [0.15, 0.2) is 55.1 Å². The van der Waals surface area contributed by atoms with Gasteiger partial charge in [-0.2, -0.15) is 0 Å². The molecule has 4 nitrogen and oxygen atoms in total. The second kappa shape index (κ2) is 9.14. The van der Waals surface area contributed by atoms with Crippen molar-refractivity contribution in [2.75, 3.05) is 6.54 Å².